The van der Waals surface area contributed by atoms with E-state index in [0.717, 1.165) is 66.6 Å². The summed E-state index contributed by atoms with van der Waals surface area (Å²) in [6.07, 6.45) is 4.92. The average molecular weight is 986 g/mol. The maximum Gasteiger partial charge on any atom is 0.329 e. The monoisotopic (exact) mass is 984 g/mol. The van der Waals surface area contributed by atoms with Gasteiger partial charge in [0.15, 0.2) is 23.0 Å². The first-order valence-electron chi connectivity index (χ1n) is 24.1. The summed E-state index contributed by atoms with van der Waals surface area (Å²) in [5.41, 5.74) is 9.41. The summed E-state index contributed by atoms with van der Waals surface area (Å²) in [6, 6.07) is 27.3. The molecular weight excluding hydrogens is 930 g/mol. The van der Waals surface area contributed by atoms with E-state index >= 15 is 8.78 Å². The molecule has 4 aliphatic rings. The zero-order chi connectivity index (χ0) is 49.7. The number of hydrogen-bond donors (Lipinski definition) is 4. The standard InChI is InChI=1S/C54H55ClF2N8O6/c1-30-45-43(28-40(56)48(55)47(45)46-39(50(58)67)18-19-42(70-3)49(46)57)71-54(30,34-8-5-4-6-9-34)29-59-35-15-12-32(13-16-35)52(68)60-36-10-7-11-37(27-36)64-23-20-31(21-24-64)33-14-17-38-41(26-33)63(2)62-51(38)65-25-22-44(66)61-53(65)69/h4-11,14,17-19,26-28,30-32,35,59H,12-13,15-16,20-25,29H2,1-3H3,(H2,58,67)(H,60,68)(H,61,66,69). The number of nitrogens with one attached hydrogen (secondary N) is 3. The van der Waals surface area contributed by atoms with Gasteiger partial charge in [-0.3, -0.25) is 29.3 Å². The number of hydrogen-bond acceptors (Lipinski definition) is 9. The first kappa shape index (κ1) is 47.6. The van der Waals surface area contributed by atoms with E-state index in [9.17, 15) is 19.2 Å². The second kappa shape index (κ2) is 19.3. The van der Waals surface area contributed by atoms with Crippen molar-refractivity contribution in [3.05, 3.63) is 130 Å². The molecule has 5 N–H and O–H groups in total. The topological polar surface area (TPSA) is 173 Å². The van der Waals surface area contributed by atoms with Gasteiger partial charge >= 0.3 is 6.03 Å². The van der Waals surface area contributed by atoms with Crippen LogP contribution >= 0.6 is 11.6 Å². The zero-order valence-electron chi connectivity index (χ0n) is 39.7. The number of ether oxygens (including phenoxy) is 2. The lowest BCUT2D eigenvalue weighted by Gasteiger charge is -2.37. The van der Waals surface area contributed by atoms with Gasteiger partial charge in [-0.15, -0.1) is 0 Å². The number of halogens is 3. The van der Waals surface area contributed by atoms with Gasteiger partial charge in [0.2, 0.25) is 17.7 Å². The molecule has 14 nitrogen and oxygen atoms in total. The number of benzene rings is 5. The highest BCUT2D eigenvalue weighted by Gasteiger charge is 2.50. The second-order valence-corrected chi connectivity index (χ2v) is 19.5. The Balaban J connectivity index is 0.774. The highest BCUT2D eigenvalue weighted by atomic mass is 35.5. The summed E-state index contributed by atoms with van der Waals surface area (Å²) in [5.74, 6) is -2.74. The molecule has 2 unspecified atom stereocenters. The van der Waals surface area contributed by atoms with Crippen molar-refractivity contribution in [1.29, 1.82) is 0 Å². The fraction of sp³-hybridized carbons (Fsp3) is 0.352. The zero-order valence-corrected chi connectivity index (χ0v) is 40.5. The van der Waals surface area contributed by atoms with E-state index in [4.69, 9.17) is 26.8 Å². The van der Waals surface area contributed by atoms with Crippen LogP contribution in [0.4, 0.5) is 30.8 Å². The molecule has 4 heterocycles. The number of piperidine rings is 1. The van der Waals surface area contributed by atoms with Crippen molar-refractivity contribution in [2.24, 2.45) is 18.7 Å². The third-order valence-corrected chi connectivity index (χ3v) is 15.5. The summed E-state index contributed by atoms with van der Waals surface area (Å²) in [4.78, 5) is 54.7. The molecule has 1 saturated carbocycles. The molecule has 5 amide bonds. The van der Waals surface area contributed by atoms with E-state index in [1.165, 1.54) is 35.8 Å². The van der Waals surface area contributed by atoms with Crippen LogP contribution in [-0.4, -0.2) is 72.9 Å². The van der Waals surface area contributed by atoms with Crippen molar-refractivity contribution in [3.63, 3.8) is 0 Å². The fourth-order valence-corrected chi connectivity index (χ4v) is 11.5. The largest absolute Gasteiger partial charge is 0.494 e. The van der Waals surface area contributed by atoms with Crippen LogP contribution in [0.3, 0.4) is 0 Å². The van der Waals surface area contributed by atoms with Crippen molar-refractivity contribution in [1.82, 2.24) is 20.4 Å². The normalized spacial score (nSPS) is 21.5. The number of imide groups is 1. The van der Waals surface area contributed by atoms with Gasteiger partial charge in [0.1, 0.15) is 11.6 Å². The van der Waals surface area contributed by atoms with Gasteiger partial charge in [0.25, 0.3) is 0 Å². The minimum atomic E-state index is -1.09. The lowest BCUT2D eigenvalue weighted by Crippen LogP contribution is -2.49. The number of rotatable bonds is 12. The minimum Gasteiger partial charge on any atom is -0.494 e. The molecule has 1 aromatic heterocycles. The van der Waals surface area contributed by atoms with Crippen LogP contribution in [0.25, 0.3) is 22.0 Å². The van der Waals surface area contributed by atoms with E-state index in [0.29, 0.717) is 43.2 Å². The van der Waals surface area contributed by atoms with E-state index in [1.807, 2.05) is 68.6 Å². The number of urea groups is 1. The molecule has 5 aromatic carbocycles. The minimum absolute atomic E-state index is 0.0153. The van der Waals surface area contributed by atoms with Crippen LogP contribution in [0.5, 0.6) is 11.5 Å². The van der Waals surface area contributed by atoms with Crippen LogP contribution in [0.2, 0.25) is 5.02 Å². The van der Waals surface area contributed by atoms with Gasteiger partial charge in [0.05, 0.1) is 23.2 Å². The maximum atomic E-state index is 16.2. The second-order valence-electron chi connectivity index (χ2n) is 19.1. The molecule has 2 saturated heterocycles. The molecule has 368 valence electrons. The summed E-state index contributed by atoms with van der Waals surface area (Å²) in [7, 11) is 3.16. The van der Waals surface area contributed by atoms with Gasteiger partial charge < -0.3 is 30.7 Å². The molecule has 2 atom stereocenters. The third-order valence-electron chi connectivity index (χ3n) is 15.1. The number of nitrogens with zero attached hydrogens (tertiary/aromatic N) is 4. The lowest BCUT2D eigenvalue weighted by molar-refractivity contribution is -0.121. The summed E-state index contributed by atoms with van der Waals surface area (Å²) in [5, 5.41) is 14.5. The molecule has 3 aliphatic heterocycles. The molecule has 0 bridgehead atoms. The van der Waals surface area contributed by atoms with E-state index < -0.39 is 35.1 Å². The van der Waals surface area contributed by atoms with E-state index in [-0.39, 0.29) is 63.4 Å². The highest BCUT2D eigenvalue weighted by Crippen LogP contribution is 2.56. The van der Waals surface area contributed by atoms with Crippen molar-refractivity contribution < 1.29 is 37.4 Å². The Kier molecular flexibility index (Phi) is 12.9. The summed E-state index contributed by atoms with van der Waals surface area (Å²) in [6.45, 7) is 4.21. The van der Waals surface area contributed by atoms with Gasteiger partial charge in [0, 0.05) is 97.0 Å². The molecule has 17 heteroatoms. The lowest BCUT2D eigenvalue weighted by atomic mass is 9.77. The van der Waals surface area contributed by atoms with Gasteiger partial charge in [-0.2, -0.15) is 5.10 Å². The number of nitrogens with two attached hydrogens (primary N) is 1. The fourth-order valence-electron chi connectivity index (χ4n) is 11.2. The number of amides is 5. The van der Waals surface area contributed by atoms with Crippen LogP contribution < -0.4 is 41.0 Å². The molecule has 1 aliphatic carbocycles. The van der Waals surface area contributed by atoms with Crippen molar-refractivity contribution in [3.8, 4) is 22.6 Å². The van der Waals surface area contributed by atoms with Crippen LogP contribution in [-0.2, 0) is 22.2 Å². The quantitative estimate of drug-likeness (QED) is 0.0933. The van der Waals surface area contributed by atoms with E-state index in [2.05, 4.69) is 44.1 Å². The molecule has 0 radical (unpaired) electrons. The number of carbonyl (C=O) groups excluding carboxylic acids is 4. The number of methoxy groups -OCH3 is 1. The van der Waals surface area contributed by atoms with Gasteiger partial charge in [-0.25, -0.2) is 13.6 Å². The SMILES string of the molecule is COc1ccc(C(N)=O)c(-c2c(Cl)c(F)cc3c2C(C)C(CNC2CCC(C(=O)Nc4cccc(N5CCC(c6ccc7c(N8CCC(=O)NC8=O)nn(C)c7c6)CC5)c4)CC2)(c2ccccc2)O3)c1F. The van der Waals surface area contributed by atoms with Crippen molar-refractivity contribution in [2.75, 3.05) is 48.4 Å². The smallest absolute Gasteiger partial charge is 0.329 e. The van der Waals surface area contributed by atoms with Gasteiger partial charge in [-0.05, 0) is 98.0 Å². The number of anilines is 3. The van der Waals surface area contributed by atoms with Gasteiger partial charge in [-0.1, -0.05) is 61.0 Å². The van der Waals surface area contributed by atoms with E-state index in [1.54, 1.807) is 4.68 Å². The van der Waals surface area contributed by atoms with Crippen LogP contribution in [0.15, 0.2) is 91.0 Å². The Bertz CT molecular complexity index is 3080. The van der Waals surface area contributed by atoms with Crippen molar-refractivity contribution in [2.45, 2.75) is 75.3 Å². The summed E-state index contributed by atoms with van der Waals surface area (Å²) < 4.78 is 45.9. The predicted octanol–water partition coefficient (Wildman–Crippen LogP) is 9.29. The third kappa shape index (κ3) is 8.81. The van der Waals surface area contributed by atoms with Crippen LogP contribution in [0.1, 0.15) is 90.8 Å². The van der Waals surface area contributed by atoms with Crippen LogP contribution in [0, 0.1) is 17.6 Å². The first-order chi connectivity index (χ1) is 34.2. The Morgan fingerprint density at radius 3 is 2.41 bits per heavy atom. The molecule has 10 rings (SSSR count). The number of primary amides is 1. The molecule has 71 heavy (non-hydrogen) atoms. The first-order valence-corrected chi connectivity index (χ1v) is 24.5. The highest BCUT2D eigenvalue weighted by molar-refractivity contribution is 6.34. The molecule has 3 fully saturated rings. The number of fused-ring (bicyclic) bond motifs is 2. The Hall–Kier alpha value is -7.04. The molecule has 0 spiro atoms. The summed E-state index contributed by atoms with van der Waals surface area (Å²) >= 11 is 6.70. The number of carbonyl (C=O) groups is 4. The molecular formula is C54H55ClF2N8O6. The Morgan fingerprint density at radius 1 is 0.930 bits per heavy atom. The molecule has 6 aromatic rings. The number of aryl methyl sites for hydroxylation is 1. The maximum absolute atomic E-state index is 16.2. The number of aromatic nitrogens is 2. The average Bonchev–Trinajstić information content (AvgIpc) is 3.85. The predicted molar refractivity (Wildman–Crippen MR) is 268 cm³/mol. The Morgan fingerprint density at radius 2 is 1.69 bits per heavy atom. The van der Waals surface area contributed by atoms with Crippen molar-refractivity contribution >= 4 is 63.4 Å². The Labute approximate surface area is 414 Å².